The number of likely N-dealkylation sites (N-methyl/N-ethyl adjacent to an activating group) is 1. The summed E-state index contributed by atoms with van der Waals surface area (Å²) in [4.78, 5) is 15.1. The molecular formula is C19H19NO. The Balaban J connectivity index is 2.08. The zero-order valence-electron chi connectivity index (χ0n) is 12.5. The first-order chi connectivity index (χ1) is 10.1. The fraction of sp³-hybridized carbons (Fsp3) is 0.316. The number of benzene rings is 2. The largest absolute Gasteiger partial charge is 0.308 e. The van der Waals surface area contributed by atoms with Gasteiger partial charge in [0.2, 0.25) is 0 Å². The first-order valence-electron chi connectivity index (χ1n) is 7.51. The van der Waals surface area contributed by atoms with Crippen molar-refractivity contribution in [3.8, 4) is 0 Å². The van der Waals surface area contributed by atoms with Crippen LogP contribution in [0.1, 0.15) is 34.6 Å². The molecule has 0 amide bonds. The van der Waals surface area contributed by atoms with Gasteiger partial charge in [0, 0.05) is 18.9 Å². The van der Waals surface area contributed by atoms with E-state index in [1.807, 2.05) is 14.1 Å². The Kier molecular flexibility index (Phi) is 2.61. The molecule has 5 rings (SSSR count). The Bertz CT molecular complexity index is 684. The van der Waals surface area contributed by atoms with Crippen LogP contribution in [0.25, 0.3) is 0 Å². The average molecular weight is 277 g/mol. The minimum atomic E-state index is -0.481. The molecule has 0 spiro atoms. The van der Waals surface area contributed by atoms with Gasteiger partial charge < -0.3 is 4.90 Å². The molecule has 0 radical (unpaired) electrons. The van der Waals surface area contributed by atoms with Gasteiger partial charge in [0.15, 0.2) is 0 Å². The third-order valence-corrected chi connectivity index (χ3v) is 5.01. The molecule has 21 heavy (non-hydrogen) atoms. The van der Waals surface area contributed by atoms with E-state index in [0.717, 1.165) is 6.54 Å². The number of nitrogens with zero attached hydrogens (tertiary/aromatic N) is 1. The summed E-state index contributed by atoms with van der Waals surface area (Å²) in [6.07, 6.45) is 0.641. The maximum atomic E-state index is 13.0. The van der Waals surface area contributed by atoms with Crippen LogP contribution in [0.5, 0.6) is 0 Å². The highest BCUT2D eigenvalue weighted by atomic mass is 16.1. The van der Waals surface area contributed by atoms with Crippen molar-refractivity contribution in [1.29, 1.82) is 0 Å². The fourth-order valence-corrected chi connectivity index (χ4v) is 4.30. The second kappa shape index (κ2) is 4.28. The van der Waals surface area contributed by atoms with Crippen LogP contribution in [0.3, 0.4) is 0 Å². The molecule has 2 aromatic rings. The normalized spacial score (nSPS) is 25.9. The van der Waals surface area contributed by atoms with Crippen molar-refractivity contribution in [3.63, 3.8) is 0 Å². The smallest absolute Gasteiger partial charge is 0.150 e. The highest BCUT2D eigenvalue weighted by molar-refractivity contribution is 6.00. The van der Waals surface area contributed by atoms with E-state index < -0.39 is 5.41 Å². The molecule has 3 aliphatic rings. The number of hydrogen-bond acceptors (Lipinski definition) is 2. The number of Topliss-reactive ketones (excluding diaryl/α,β-unsaturated/α-hetero) is 1. The number of carbonyl (C=O) groups excluding carboxylic acids is 1. The van der Waals surface area contributed by atoms with E-state index in [9.17, 15) is 4.79 Å². The van der Waals surface area contributed by atoms with Gasteiger partial charge in [-0.1, -0.05) is 48.5 Å². The molecule has 0 heterocycles. The van der Waals surface area contributed by atoms with Crippen molar-refractivity contribution in [3.05, 3.63) is 70.8 Å². The van der Waals surface area contributed by atoms with Crippen LogP contribution in [0.4, 0.5) is 0 Å². The SMILES string of the molecule is CN(C)CC12C(=O)CC(c3ccccc31)c1ccccc12. The summed E-state index contributed by atoms with van der Waals surface area (Å²) in [5, 5.41) is 0. The van der Waals surface area contributed by atoms with Gasteiger partial charge in [-0.2, -0.15) is 0 Å². The zero-order valence-corrected chi connectivity index (χ0v) is 12.5. The molecule has 0 N–H and O–H groups in total. The van der Waals surface area contributed by atoms with Crippen molar-refractivity contribution >= 4 is 5.78 Å². The van der Waals surface area contributed by atoms with Gasteiger partial charge in [0.25, 0.3) is 0 Å². The topological polar surface area (TPSA) is 20.3 Å². The molecule has 0 saturated heterocycles. The van der Waals surface area contributed by atoms with E-state index in [0.29, 0.717) is 12.2 Å². The van der Waals surface area contributed by atoms with Crippen molar-refractivity contribution < 1.29 is 4.79 Å². The van der Waals surface area contributed by atoms with Gasteiger partial charge in [-0.3, -0.25) is 4.79 Å². The summed E-state index contributed by atoms with van der Waals surface area (Å²) in [7, 11) is 4.10. The predicted molar refractivity (Wildman–Crippen MR) is 83.7 cm³/mol. The van der Waals surface area contributed by atoms with E-state index in [-0.39, 0.29) is 5.92 Å². The number of rotatable bonds is 2. The Morgan fingerprint density at radius 3 is 2.05 bits per heavy atom. The molecule has 0 fully saturated rings. The van der Waals surface area contributed by atoms with Crippen LogP contribution >= 0.6 is 0 Å². The van der Waals surface area contributed by atoms with Crippen molar-refractivity contribution in [2.75, 3.05) is 20.6 Å². The lowest BCUT2D eigenvalue weighted by Crippen LogP contribution is -2.53. The lowest BCUT2D eigenvalue weighted by molar-refractivity contribution is -0.125. The van der Waals surface area contributed by atoms with E-state index in [4.69, 9.17) is 0 Å². The number of hydrogen-bond donors (Lipinski definition) is 0. The Hall–Kier alpha value is -1.93. The number of carbonyl (C=O) groups is 1. The fourth-order valence-electron chi connectivity index (χ4n) is 4.30. The molecule has 3 aliphatic carbocycles. The molecule has 2 aromatic carbocycles. The molecule has 2 heteroatoms. The molecular weight excluding hydrogens is 258 g/mol. The van der Waals surface area contributed by atoms with E-state index in [2.05, 4.69) is 53.4 Å². The average Bonchev–Trinajstić information content (AvgIpc) is 2.49. The van der Waals surface area contributed by atoms with Gasteiger partial charge in [-0.05, 0) is 36.3 Å². The van der Waals surface area contributed by atoms with Crippen LogP contribution in [0.15, 0.2) is 48.5 Å². The Labute approximate surface area is 125 Å². The molecule has 0 aliphatic heterocycles. The van der Waals surface area contributed by atoms with Crippen molar-refractivity contribution in [2.45, 2.75) is 17.8 Å². The molecule has 0 unspecified atom stereocenters. The van der Waals surface area contributed by atoms with Crippen LogP contribution in [0, 0.1) is 0 Å². The number of fused-ring (bicyclic) bond motifs is 1. The second-order valence-electron chi connectivity index (χ2n) is 6.50. The minimum absolute atomic E-state index is 0.244. The maximum Gasteiger partial charge on any atom is 0.150 e. The minimum Gasteiger partial charge on any atom is -0.308 e. The van der Waals surface area contributed by atoms with Crippen molar-refractivity contribution in [1.82, 2.24) is 4.90 Å². The first kappa shape index (κ1) is 12.8. The Morgan fingerprint density at radius 1 is 1.00 bits per heavy atom. The Morgan fingerprint density at radius 2 is 1.52 bits per heavy atom. The summed E-state index contributed by atoms with van der Waals surface area (Å²) >= 11 is 0. The predicted octanol–water partition coefficient (Wildman–Crippen LogP) is 2.95. The van der Waals surface area contributed by atoms with Gasteiger partial charge >= 0.3 is 0 Å². The molecule has 2 bridgehead atoms. The van der Waals surface area contributed by atoms with E-state index >= 15 is 0 Å². The van der Waals surface area contributed by atoms with Crippen LogP contribution < -0.4 is 0 Å². The summed E-state index contributed by atoms with van der Waals surface area (Å²) < 4.78 is 0. The summed E-state index contributed by atoms with van der Waals surface area (Å²) in [5.74, 6) is 0.618. The van der Waals surface area contributed by atoms with E-state index in [1.54, 1.807) is 0 Å². The highest BCUT2D eigenvalue weighted by Gasteiger charge is 2.53. The lowest BCUT2D eigenvalue weighted by Gasteiger charge is -2.49. The van der Waals surface area contributed by atoms with Gasteiger partial charge in [0.1, 0.15) is 5.78 Å². The second-order valence-corrected chi connectivity index (χ2v) is 6.50. The van der Waals surface area contributed by atoms with Gasteiger partial charge in [0.05, 0.1) is 5.41 Å². The summed E-state index contributed by atoms with van der Waals surface area (Å²) in [6, 6.07) is 17.0. The van der Waals surface area contributed by atoms with E-state index in [1.165, 1.54) is 22.3 Å². The third kappa shape index (κ3) is 1.54. The highest BCUT2D eigenvalue weighted by Crippen LogP contribution is 2.54. The maximum absolute atomic E-state index is 13.0. The van der Waals surface area contributed by atoms with Gasteiger partial charge in [-0.25, -0.2) is 0 Å². The standard InChI is InChI=1S/C19H19NO/c1-20(2)12-19-16-9-5-3-7-13(16)15(11-18(19)21)14-8-4-6-10-17(14)19/h3-10,15H,11-12H2,1-2H3. The summed E-state index contributed by atoms with van der Waals surface area (Å²) in [6.45, 7) is 0.743. The monoisotopic (exact) mass is 277 g/mol. The quantitative estimate of drug-likeness (QED) is 0.841. The molecule has 0 aromatic heterocycles. The summed E-state index contributed by atoms with van der Waals surface area (Å²) in [5.41, 5.74) is 4.65. The zero-order chi connectivity index (χ0) is 14.6. The van der Waals surface area contributed by atoms with Crippen molar-refractivity contribution in [2.24, 2.45) is 0 Å². The lowest BCUT2D eigenvalue weighted by atomic mass is 9.54. The van der Waals surface area contributed by atoms with Gasteiger partial charge in [-0.15, -0.1) is 0 Å². The molecule has 106 valence electrons. The molecule has 2 nitrogen and oxygen atoms in total. The third-order valence-electron chi connectivity index (χ3n) is 5.01. The molecule has 0 saturated carbocycles. The van der Waals surface area contributed by atoms with Crippen LogP contribution in [-0.2, 0) is 10.2 Å². The number of ketones is 1. The first-order valence-corrected chi connectivity index (χ1v) is 7.51. The van der Waals surface area contributed by atoms with Crippen LogP contribution in [-0.4, -0.2) is 31.3 Å². The van der Waals surface area contributed by atoms with Crippen LogP contribution in [0.2, 0.25) is 0 Å². The molecule has 0 atom stereocenters.